The van der Waals surface area contributed by atoms with Crippen LogP contribution in [0, 0.1) is 12.7 Å². The van der Waals surface area contributed by atoms with E-state index in [9.17, 15) is 9.18 Å². The largest absolute Gasteiger partial charge is 0.412 e. The van der Waals surface area contributed by atoms with Gasteiger partial charge in [-0.3, -0.25) is 0 Å². The summed E-state index contributed by atoms with van der Waals surface area (Å²) in [6.45, 7) is 5.24. The minimum atomic E-state index is -0.532. The zero-order valence-electron chi connectivity index (χ0n) is 15.9. The topological polar surface area (TPSA) is 63.7 Å². The minimum absolute atomic E-state index is 0.274. The fourth-order valence-corrected chi connectivity index (χ4v) is 3.29. The third kappa shape index (κ3) is 4.42. The smallest absolute Gasteiger partial charge is 0.408 e. The lowest BCUT2D eigenvalue weighted by Gasteiger charge is -2.29. The Hall–Kier alpha value is -2.67. The first-order valence-corrected chi connectivity index (χ1v) is 9.64. The number of nitrogens with one attached hydrogen (secondary N) is 1. The average Bonchev–Trinajstić information content (AvgIpc) is 3.55. The van der Waals surface area contributed by atoms with Gasteiger partial charge in [-0.05, 0) is 49.1 Å². The van der Waals surface area contributed by atoms with Crippen molar-refractivity contribution in [3.63, 3.8) is 0 Å². The van der Waals surface area contributed by atoms with Gasteiger partial charge in [-0.2, -0.15) is 0 Å². The highest BCUT2D eigenvalue weighted by atomic mass is 19.1. The molecule has 1 N–H and O–H groups in total. The number of rotatable bonds is 5. The second-order valence-electron chi connectivity index (χ2n) is 7.25. The number of halogens is 1. The fraction of sp³-hybridized carbons (Fsp3) is 0.429. The lowest BCUT2D eigenvalue weighted by molar-refractivity contribution is 0.122. The molecule has 1 saturated heterocycles. The lowest BCUT2D eigenvalue weighted by atomic mass is 10.1. The summed E-state index contributed by atoms with van der Waals surface area (Å²) in [5.41, 5.74) is 2.56. The van der Waals surface area contributed by atoms with Crippen LogP contribution in [0.3, 0.4) is 0 Å². The summed E-state index contributed by atoms with van der Waals surface area (Å²) < 4.78 is 24.0. The maximum Gasteiger partial charge on any atom is 0.412 e. The van der Waals surface area contributed by atoms with Crippen molar-refractivity contribution >= 4 is 11.9 Å². The molecule has 1 aliphatic heterocycles. The van der Waals surface area contributed by atoms with Gasteiger partial charge in [0.05, 0.1) is 18.9 Å². The van der Waals surface area contributed by atoms with Gasteiger partial charge in [-0.15, -0.1) is 0 Å². The van der Waals surface area contributed by atoms with Crippen molar-refractivity contribution in [2.45, 2.75) is 32.2 Å². The van der Waals surface area contributed by atoms with Crippen LogP contribution in [0.25, 0.3) is 0 Å². The number of morpholine rings is 1. The van der Waals surface area contributed by atoms with Crippen molar-refractivity contribution in [2.24, 2.45) is 0 Å². The minimum Gasteiger partial charge on any atom is -0.408 e. The van der Waals surface area contributed by atoms with Crippen LogP contribution < -0.4 is 15.0 Å². The average molecular weight is 385 g/mol. The van der Waals surface area contributed by atoms with Gasteiger partial charge >= 0.3 is 6.09 Å². The number of benzene rings is 1. The van der Waals surface area contributed by atoms with Crippen molar-refractivity contribution in [2.75, 3.05) is 31.2 Å². The van der Waals surface area contributed by atoms with Crippen LogP contribution in [0.15, 0.2) is 30.3 Å². The first kappa shape index (κ1) is 18.7. The first-order valence-electron chi connectivity index (χ1n) is 9.64. The van der Waals surface area contributed by atoms with Crippen LogP contribution in [0.2, 0.25) is 0 Å². The molecule has 1 aromatic carbocycles. The molecule has 0 bridgehead atoms. The van der Waals surface area contributed by atoms with E-state index in [0.29, 0.717) is 24.9 Å². The molecule has 0 spiro atoms. The second kappa shape index (κ2) is 8.14. The molecule has 1 aliphatic carbocycles. The first-order chi connectivity index (χ1) is 13.6. The van der Waals surface area contributed by atoms with E-state index < -0.39 is 6.09 Å². The standard InChI is InChI=1S/C21H24FN3O3/c1-14-12-18(25-8-10-27-11-9-25)24-19(16-4-5-16)20(14)28-21(26)23-13-15-2-6-17(22)7-3-15/h2-3,6-7,12,16H,4-5,8-11,13H2,1H3,(H,23,26). The third-order valence-corrected chi connectivity index (χ3v) is 5.02. The lowest BCUT2D eigenvalue weighted by Crippen LogP contribution is -2.37. The SMILES string of the molecule is Cc1cc(N2CCOCC2)nc(C2CC2)c1OC(=O)NCc1ccc(F)cc1. The predicted molar refractivity (Wildman–Crippen MR) is 103 cm³/mol. The Labute approximate surface area is 163 Å². The molecule has 0 atom stereocenters. The molecule has 0 unspecified atom stereocenters. The van der Waals surface area contributed by atoms with Gasteiger partial charge in [0.25, 0.3) is 0 Å². The van der Waals surface area contributed by atoms with E-state index in [2.05, 4.69) is 10.2 Å². The molecule has 0 radical (unpaired) electrons. The predicted octanol–water partition coefficient (Wildman–Crippen LogP) is 3.53. The van der Waals surface area contributed by atoms with Crippen LogP contribution >= 0.6 is 0 Å². The zero-order chi connectivity index (χ0) is 19.5. The highest BCUT2D eigenvalue weighted by Gasteiger charge is 2.31. The Balaban J connectivity index is 1.47. The van der Waals surface area contributed by atoms with Gasteiger partial charge < -0.3 is 19.7 Å². The molecular formula is C21H24FN3O3. The number of amides is 1. The number of aryl methyl sites for hydroxylation is 1. The van der Waals surface area contributed by atoms with Crippen LogP contribution in [0.1, 0.15) is 35.6 Å². The van der Waals surface area contributed by atoms with E-state index in [0.717, 1.165) is 48.6 Å². The van der Waals surface area contributed by atoms with Crippen LogP contribution in [-0.2, 0) is 11.3 Å². The van der Waals surface area contributed by atoms with Gasteiger partial charge in [-0.1, -0.05) is 12.1 Å². The third-order valence-electron chi connectivity index (χ3n) is 5.02. The van der Waals surface area contributed by atoms with E-state index in [4.69, 9.17) is 14.5 Å². The molecule has 2 fully saturated rings. The van der Waals surface area contributed by atoms with Crippen LogP contribution in [-0.4, -0.2) is 37.4 Å². The van der Waals surface area contributed by atoms with Crippen molar-refractivity contribution in [1.82, 2.24) is 10.3 Å². The monoisotopic (exact) mass is 385 g/mol. The molecule has 1 saturated carbocycles. The number of nitrogens with zero attached hydrogens (tertiary/aromatic N) is 2. The molecule has 6 nitrogen and oxygen atoms in total. The van der Waals surface area contributed by atoms with Crippen LogP contribution in [0.4, 0.5) is 15.0 Å². The normalized spacial score (nSPS) is 16.7. The summed E-state index contributed by atoms with van der Waals surface area (Å²) in [5.74, 6) is 1.51. The molecule has 28 heavy (non-hydrogen) atoms. The van der Waals surface area contributed by atoms with Crippen LogP contribution in [0.5, 0.6) is 5.75 Å². The Morgan fingerprint density at radius 2 is 2.00 bits per heavy atom. The van der Waals surface area contributed by atoms with Gasteiger partial charge in [0.15, 0.2) is 5.75 Å². The van der Waals surface area contributed by atoms with Crippen molar-refractivity contribution < 1.29 is 18.7 Å². The molecule has 4 rings (SSSR count). The van der Waals surface area contributed by atoms with Crippen molar-refractivity contribution in [3.05, 3.63) is 53.0 Å². The number of hydrogen-bond acceptors (Lipinski definition) is 5. The van der Waals surface area contributed by atoms with Crippen molar-refractivity contribution in [3.8, 4) is 5.75 Å². The Kier molecular flexibility index (Phi) is 5.43. The Bertz CT molecular complexity index is 847. The highest BCUT2D eigenvalue weighted by molar-refractivity contribution is 5.72. The van der Waals surface area contributed by atoms with E-state index >= 15 is 0 Å². The molecule has 148 valence electrons. The summed E-state index contributed by atoms with van der Waals surface area (Å²) in [6, 6.07) is 7.97. The number of carbonyl (C=O) groups excluding carboxylic acids is 1. The van der Waals surface area contributed by atoms with Gasteiger partial charge in [0, 0.05) is 25.6 Å². The molecule has 1 amide bonds. The number of anilines is 1. The molecule has 2 aromatic rings. The summed E-state index contributed by atoms with van der Waals surface area (Å²) in [5, 5.41) is 2.72. The summed E-state index contributed by atoms with van der Waals surface area (Å²) in [6.07, 6.45) is 1.59. The quantitative estimate of drug-likeness (QED) is 0.853. The molecule has 1 aromatic heterocycles. The number of hydrogen-bond donors (Lipinski definition) is 1. The number of pyridine rings is 1. The molecule has 2 heterocycles. The summed E-state index contributed by atoms with van der Waals surface area (Å²) >= 11 is 0. The Morgan fingerprint density at radius 1 is 1.29 bits per heavy atom. The fourth-order valence-electron chi connectivity index (χ4n) is 3.29. The molecule has 2 aliphatic rings. The van der Waals surface area contributed by atoms with E-state index in [1.54, 1.807) is 12.1 Å². The zero-order valence-corrected chi connectivity index (χ0v) is 15.9. The maximum atomic E-state index is 13.0. The van der Waals surface area contributed by atoms with Crippen molar-refractivity contribution in [1.29, 1.82) is 0 Å². The van der Waals surface area contributed by atoms with Gasteiger partial charge in [-0.25, -0.2) is 14.2 Å². The second-order valence-corrected chi connectivity index (χ2v) is 7.25. The number of carbonyl (C=O) groups is 1. The van der Waals surface area contributed by atoms with E-state index in [1.165, 1.54) is 12.1 Å². The van der Waals surface area contributed by atoms with Gasteiger partial charge in [0.2, 0.25) is 0 Å². The maximum absolute atomic E-state index is 13.0. The van der Waals surface area contributed by atoms with Gasteiger partial charge in [0.1, 0.15) is 11.6 Å². The highest BCUT2D eigenvalue weighted by Crippen LogP contribution is 2.45. The van der Waals surface area contributed by atoms with E-state index in [1.807, 2.05) is 13.0 Å². The summed E-state index contributed by atoms with van der Waals surface area (Å²) in [4.78, 5) is 19.4. The number of ether oxygens (including phenoxy) is 2. The Morgan fingerprint density at radius 3 is 2.68 bits per heavy atom. The molecular weight excluding hydrogens is 361 g/mol. The summed E-state index contributed by atoms with van der Waals surface area (Å²) in [7, 11) is 0. The van der Waals surface area contributed by atoms with E-state index in [-0.39, 0.29) is 12.4 Å². The number of aromatic nitrogens is 1. The molecule has 7 heteroatoms.